The van der Waals surface area contributed by atoms with Gasteiger partial charge in [0, 0.05) is 12.3 Å². The van der Waals surface area contributed by atoms with Gasteiger partial charge in [-0.05, 0) is 19.1 Å². The largest absolute Gasteiger partial charge is 0.359 e. The minimum absolute atomic E-state index is 0.236. The first-order valence-corrected chi connectivity index (χ1v) is 5.32. The third-order valence-electron chi connectivity index (χ3n) is 2.27. The summed E-state index contributed by atoms with van der Waals surface area (Å²) in [5.41, 5.74) is 3.61. The van der Waals surface area contributed by atoms with Crippen LogP contribution in [0.2, 0.25) is 0 Å². The Labute approximate surface area is 103 Å². The molecule has 2 aromatic heterocycles. The molecule has 2 heterocycles. The van der Waals surface area contributed by atoms with Gasteiger partial charge in [-0.2, -0.15) is 0 Å². The van der Waals surface area contributed by atoms with Gasteiger partial charge in [0.25, 0.3) is 5.91 Å². The summed E-state index contributed by atoms with van der Waals surface area (Å²) in [5.74, 6) is 6.05. The number of aromatic nitrogens is 2. The van der Waals surface area contributed by atoms with E-state index in [2.05, 4.69) is 20.9 Å². The molecule has 0 aliphatic rings. The molecule has 0 unspecified atom stereocenters. The highest BCUT2D eigenvalue weighted by Crippen LogP contribution is 2.05. The molecule has 2 aromatic rings. The number of pyridine rings is 1. The molecule has 7 nitrogen and oxygen atoms in total. The third-order valence-corrected chi connectivity index (χ3v) is 2.27. The Morgan fingerprint density at radius 3 is 2.89 bits per heavy atom. The predicted molar refractivity (Wildman–Crippen MR) is 64.5 cm³/mol. The maximum atomic E-state index is 11.8. The van der Waals surface area contributed by atoms with Crippen molar-refractivity contribution in [3.05, 3.63) is 41.4 Å². The molecule has 0 saturated heterocycles. The van der Waals surface area contributed by atoms with Gasteiger partial charge in [-0.3, -0.25) is 4.79 Å². The van der Waals surface area contributed by atoms with Crippen LogP contribution < -0.4 is 16.6 Å². The second-order valence-corrected chi connectivity index (χ2v) is 3.69. The maximum Gasteiger partial charge on any atom is 0.253 e. The van der Waals surface area contributed by atoms with Crippen molar-refractivity contribution in [2.45, 2.75) is 13.5 Å². The Morgan fingerprint density at radius 2 is 2.33 bits per heavy atom. The molecular weight excluding hydrogens is 234 g/mol. The first-order chi connectivity index (χ1) is 8.69. The van der Waals surface area contributed by atoms with E-state index in [4.69, 9.17) is 10.4 Å². The van der Waals surface area contributed by atoms with E-state index in [0.29, 0.717) is 17.1 Å². The predicted octanol–water partition coefficient (Wildman–Crippen LogP) is 0.594. The lowest BCUT2D eigenvalue weighted by atomic mass is 10.2. The number of nitrogens with zero attached hydrogens (tertiary/aromatic N) is 2. The maximum absolute atomic E-state index is 11.8. The Balaban J connectivity index is 1.94. The summed E-state index contributed by atoms with van der Waals surface area (Å²) in [6, 6.07) is 5.01. The number of hydrogen-bond donors (Lipinski definition) is 3. The molecule has 0 spiro atoms. The lowest BCUT2D eigenvalue weighted by Crippen LogP contribution is -2.22. The minimum Gasteiger partial charge on any atom is -0.359 e. The van der Waals surface area contributed by atoms with E-state index >= 15 is 0 Å². The fourth-order valence-corrected chi connectivity index (χ4v) is 1.38. The number of carbonyl (C=O) groups excluding carboxylic acids is 1. The number of amides is 1. The molecule has 4 N–H and O–H groups in total. The summed E-state index contributed by atoms with van der Waals surface area (Å²) in [5, 5.41) is 6.43. The quantitative estimate of drug-likeness (QED) is 0.539. The van der Waals surface area contributed by atoms with E-state index in [1.807, 2.05) is 6.92 Å². The molecule has 18 heavy (non-hydrogen) atoms. The number of nitrogens with one attached hydrogen (secondary N) is 2. The monoisotopic (exact) mass is 247 g/mol. The molecule has 7 heteroatoms. The number of hydrazine groups is 1. The summed E-state index contributed by atoms with van der Waals surface area (Å²) in [6.07, 6.45) is 1.44. The van der Waals surface area contributed by atoms with E-state index < -0.39 is 0 Å². The van der Waals surface area contributed by atoms with E-state index in [-0.39, 0.29) is 12.5 Å². The molecule has 94 valence electrons. The first kappa shape index (κ1) is 12.1. The minimum atomic E-state index is -0.236. The van der Waals surface area contributed by atoms with Gasteiger partial charge in [0.2, 0.25) is 0 Å². The third kappa shape index (κ3) is 2.83. The average molecular weight is 247 g/mol. The molecule has 0 radical (unpaired) electrons. The first-order valence-electron chi connectivity index (χ1n) is 5.32. The van der Waals surface area contributed by atoms with Crippen molar-refractivity contribution in [3.63, 3.8) is 0 Å². The van der Waals surface area contributed by atoms with Gasteiger partial charge in [-0.15, -0.1) is 0 Å². The molecule has 2 rings (SSSR count). The van der Waals surface area contributed by atoms with Crippen LogP contribution in [0.5, 0.6) is 0 Å². The Kier molecular flexibility index (Phi) is 3.54. The highest BCUT2D eigenvalue weighted by atomic mass is 16.5. The number of aryl methyl sites for hydroxylation is 1. The summed E-state index contributed by atoms with van der Waals surface area (Å²) in [4.78, 5) is 15.7. The molecule has 0 fully saturated rings. The fraction of sp³-hybridized carbons (Fsp3) is 0.182. The smallest absolute Gasteiger partial charge is 0.253 e. The molecule has 1 amide bonds. The molecule has 0 aliphatic heterocycles. The lowest BCUT2D eigenvalue weighted by Gasteiger charge is -2.03. The molecule has 0 saturated carbocycles. The van der Waals surface area contributed by atoms with Gasteiger partial charge in [-0.25, -0.2) is 10.8 Å². The van der Waals surface area contributed by atoms with Crippen LogP contribution in [0.25, 0.3) is 0 Å². The van der Waals surface area contributed by atoms with E-state index in [9.17, 15) is 4.79 Å². The van der Waals surface area contributed by atoms with E-state index in [1.165, 1.54) is 6.20 Å². The standard InChI is InChI=1S/C11H13N5O2/c1-7-4-9(18-16-7)6-14-11(17)8-2-3-10(15-12)13-5-8/h2-5H,6,12H2,1H3,(H,13,15)(H,14,17). The van der Waals surface area contributed by atoms with Crippen LogP contribution in [-0.2, 0) is 6.54 Å². The number of anilines is 1. The van der Waals surface area contributed by atoms with E-state index in [1.54, 1.807) is 18.2 Å². The van der Waals surface area contributed by atoms with Crippen LogP contribution in [0.4, 0.5) is 5.82 Å². The zero-order valence-corrected chi connectivity index (χ0v) is 9.80. The second-order valence-electron chi connectivity index (χ2n) is 3.69. The van der Waals surface area contributed by atoms with Crippen molar-refractivity contribution in [1.29, 1.82) is 0 Å². The zero-order valence-electron chi connectivity index (χ0n) is 9.80. The molecule has 0 aliphatic carbocycles. The van der Waals surface area contributed by atoms with Crippen LogP contribution >= 0.6 is 0 Å². The number of nitrogens with two attached hydrogens (primary N) is 1. The van der Waals surface area contributed by atoms with Crippen LogP contribution in [-0.4, -0.2) is 16.0 Å². The number of nitrogen functional groups attached to an aromatic ring is 1. The Bertz CT molecular complexity index is 535. The topological polar surface area (TPSA) is 106 Å². The normalized spacial score (nSPS) is 10.1. The summed E-state index contributed by atoms with van der Waals surface area (Å²) >= 11 is 0. The van der Waals surface area contributed by atoms with Crippen molar-refractivity contribution in [1.82, 2.24) is 15.5 Å². The second kappa shape index (κ2) is 5.28. The fourth-order valence-electron chi connectivity index (χ4n) is 1.38. The van der Waals surface area contributed by atoms with Crippen molar-refractivity contribution in [2.75, 3.05) is 5.43 Å². The van der Waals surface area contributed by atoms with Gasteiger partial charge in [0.1, 0.15) is 5.82 Å². The van der Waals surface area contributed by atoms with Crippen molar-refractivity contribution >= 4 is 11.7 Å². The molecule has 0 atom stereocenters. The number of rotatable bonds is 4. The Hall–Kier alpha value is -2.41. The van der Waals surface area contributed by atoms with Crippen LogP contribution in [0, 0.1) is 6.92 Å². The number of hydrogen-bond acceptors (Lipinski definition) is 6. The van der Waals surface area contributed by atoms with Crippen molar-refractivity contribution in [2.24, 2.45) is 5.84 Å². The van der Waals surface area contributed by atoms with Crippen LogP contribution in [0.15, 0.2) is 28.9 Å². The average Bonchev–Trinajstić information content (AvgIpc) is 2.82. The lowest BCUT2D eigenvalue weighted by molar-refractivity contribution is 0.0946. The highest BCUT2D eigenvalue weighted by molar-refractivity contribution is 5.93. The van der Waals surface area contributed by atoms with Crippen LogP contribution in [0.1, 0.15) is 21.8 Å². The summed E-state index contributed by atoms with van der Waals surface area (Å²) in [7, 11) is 0. The van der Waals surface area contributed by atoms with Gasteiger partial charge in [-0.1, -0.05) is 5.16 Å². The van der Waals surface area contributed by atoms with Crippen molar-refractivity contribution < 1.29 is 9.32 Å². The summed E-state index contributed by atoms with van der Waals surface area (Å²) < 4.78 is 4.98. The van der Waals surface area contributed by atoms with Crippen LogP contribution in [0.3, 0.4) is 0 Å². The van der Waals surface area contributed by atoms with Gasteiger partial charge in [0.05, 0.1) is 17.8 Å². The van der Waals surface area contributed by atoms with Gasteiger partial charge in [0.15, 0.2) is 5.76 Å². The van der Waals surface area contributed by atoms with E-state index in [0.717, 1.165) is 5.69 Å². The molecule has 0 bridgehead atoms. The van der Waals surface area contributed by atoms with Gasteiger partial charge < -0.3 is 15.3 Å². The SMILES string of the molecule is Cc1cc(CNC(=O)c2ccc(NN)nc2)on1. The van der Waals surface area contributed by atoms with Crippen molar-refractivity contribution in [3.8, 4) is 0 Å². The van der Waals surface area contributed by atoms with Gasteiger partial charge >= 0.3 is 0 Å². The molecular formula is C11H13N5O2. The zero-order chi connectivity index (χ0) is 13.0. The molecule has 0 aromatic carbocycles. The number of carbonyl (C=O) groups is 1. The summed E-state index contributed by atoms with van der Waals surface area (Å²) in [6.45, 7) is 2.11. The highest BCUT2D eigenvalue weighted by Gasteiger charge is 2.07. The Morgan fingerprint density at radius 1 is 1.50 bits per heavy atom.